The maximum Gasteiger partial charge on any atom is 0.178 e. The van der Waals surface area contributed by atoms with Gasteiger partial charge in [-0.2, -0.15) is 0 Å². The first-order chi connectivity index (χ1) is 8.56. The fourth-order valence-corrected chi connectivity index (χ4v) is 1.99. The van der Waals surface area contributed by atoms with Crippen molar-refractivity contribution in [3.63, 3.8) is 0 Å². The number of hydrogen-bond acceptors (Lipinski definition) is 3. The van der Waals surface area contributed by atoms with Crippen molar-refractivity contribution in [1.29, 1.82) is 0 Å². The van der Waals surface area contributed by atoms with Crippen LogP contribution < -0.4 is 0 Å². The van der Waals surface area contributed by atoms with Crippen molar-refractivity contribution in [2.75, 3.05) is 19.7 Å². The van der Waals surface area contributed by atoms with Gasteiger partial charge in [0.15, 0.2) is 5.78 Å². The minimum Gasteiger partial charge on any atom is -0.396 e. The highest BCUT2D eigenvalue weighted by molar-refractivity contribution is 6.34. The summed E-state index contributed by atoms with van der Waals surface area (Å²) in [5, 5.41) is 9.35. The Morgan fingerprint density at radius 3 is 2.61 bits per heavy atom. The highest BCUT2D eigenvalue weighted by Gasteiger charge is 2.16. The maximum absolute atomic E-state index is 12.2. The third kappa shape index (κ3) is 4.41. The van der Waals surface area contributed by atoms with E-state index in [2.05, 4.69) is 0 Å². The van der Waals surface area contributed by atoms with Crippen LogP contribution in [0.25, 0.3) is 0 Å². The molecule has 0 aliphatic rings. The van der Waals surface area contributed by atoms with E-state index in [1.165, 1.54) is 0 Å². The van der Waals surface area contributed by atoms with Crippen LogP contribution in [0.1, 0.15) is 30.6 Å². The molecule has 0 fully saturated rings. The van der Waals surface area contributed by atoms with Crippen molar-refractivity contribution in [2.45, 2.75) is 26.3 Å². The summed E-state index contributed by atoms with van der Waals surface area (Å²) in [5.41, 5.74) is 0.564. The molecule has 0 bridgehead atoms. The van der Waals surface area contributed by atoms with Crippen LogP contribution in [0.4, 0.5) is 0 Å². The zero-order valence-electron chi connectivity index (χ0n) is 10.9. The van der Waals surface area contributed by atoms with E-state index in [-0.39, 0.29) is 18.4 Å². The van der Waals surface area contributed by atoms with Crippen molar-refractivity contribution in [3.05, 3.63) is 34.9 Å². The van der Waals surface area contributed by atoms with Crippen molar-refractivity contribution in [1.82, 2.24) is 4.90 Å². The average Bonchev–Trinajstić information content (AvgIpc) is 2.34. The number of benzene rings is 1. The van der Waals surface area contributed by atoms with Gasteiger partial charge in [0.2, 0.25) is 0 Å². The molecule has 0 saturated heterocycles. The van der Waals surface area contributed by atoms with Gasteiger partial charge in [-0.25, -0.2) is 0 Å². The van der Waals surface area contributed by atoms with Gasteiger partial charge in [-0.05, 0) is 32.4 Å². The van der Waals surface area contributed by atoms with Crippen LogP contribution in [-0.2, 0) is 0 Å². The lowest BCUT2D eigenvalue weighted by molar-refractivity contribution is 0.0897. The smallest absolute Gasteiger partial charge is 0.178 e. The van der Waals surface area contributed by atoms with E-state index in [1.807, 2.05) is 30.9 Å². The first-order valence-corrected chi connectivity index (χ1v) is 6.56. The Bertz CT molecular complexity index is 393. The number of rotatable bonds is 7. The van der Waals surface area contributed by atoms with Gasteiger partial charge in [-0.3, -0.25) is 9.69 Å². The number of nitrogens with zero attached hydrogens (tertiary/aromatic N) is 1. The van der Waals surface area contributed by atoms with E-state index < -0.39 is 0 Å². The van der Waals surface area contributed by atoms with Gasteiger partial charge < -0.3 is 5.11 Å². The molecule has 0 heterocycles. The van der Waals surface area contributed by atoms with Crippen molar-refractivity contribution in [3.8, 4) is 0 Å². The molecule has 4 heteroatoms. The quantitative estimate of drug-likeness (QED) is 0.774. The number of hydrogen-bond donors (Lipinski definition) is 1. The van der Waals surface area contributed by atoms with E-state index in [1.54, 1.807) is 12.1 Å². The van der Waals surface area contributed by atoms with Gasteiger partial charge in [-0.1, -0.05) is 23.7 Å². The van der Waals surface area contributed by atoms with Crippen LogP contribution in [0.5, 0.6) is 0 Å². The zero-order chi connectivity index (χ0) is 13.5. The molecule has 18 heavy (non-hydrogen) atoms. The number of halogens is 1. The topological polar surface area (TPSA) is 40.5 Å². The molecule has 1 aromatic rings. The SMILES string of the molecule is CC(C)N(CCCO)CC(=O)c1ccccc1Cl. The maximum atomic E-state index is 12.2. The van der Waals surface area contributed by atoms with E-state index >= 15 is 0 Å². The van der Waals surface area contributed by atoms with Crippen LogP contribution in [-0.4, -0.2) is 41.5 Å². The molecular weight excluding hydrogens is 250 g/mol. The summed E-state index contributed by atoms with van der Waals surface area (Å²) in [6.07, 6.45) is 0.675. The van der Waals surface area contributed by atoms with E-state index in [0.29, 0.717) is 30.1 Å². The van der Waals surface area contributed by atoms with E-state index in [0.717, 1.165) is 0 Å². The second-order valence-corrected chi connectivity index (χ2v) is 4.95. The number of aliphatic hydroxyl groups is 1. The average molecular weight is 270 g/mol. The molecule has 0 amide bonds. The van der Waals surface area contributed by atoms with E-state index in [4.69, 9.17) is 16.7 Å². The molecule has 0 atom stereocenters. The van der Waals surface area contributed by atoms with Gasteiger partial charge in [-0.15, -0.1) is 0 Å². The third-order valence-corrected chi connectivity index (χ3v) is 3.18. The highest BCUT2D eigenvalue weighted by Crippen LogP contribution is 2.16. The molecule has 0 saturated carbocycles. The molecule has 1 rings (SSSR count). The monoisotopic (exact) mass is 269 g/mol. The summed E-state index contributed by atoms with van der Waals surface area (Å²) in [4.78, 5) is 14.2. The number of aliphatic hydroxyl groups excluding tert-OH is 1. The number of carbonyl (C=O) groups excluding carboxylic acids is 1. The van der Waals surface area contributed by atoms with Gasteiger partial charge in [0.1, 0.15) is 0 Å². The molecule has 100 valence electrons. The molecule has 0 radical (unpaired) electrons. The Hall–Kier alpha value is -0.900. The molecule has 1 N–H and O–H groups in total. The Morgan fingerprint density at radius 2 is 2.06 bits per heavy atom. The second-order valence-electron chi connectivity index (χ2n) is 4.54. The van der Waals surface area contributed by atoms with Gasteiger partial charge in [0, 0.05) is 24.8 Å². The summed E-state index contributed by atoms with van der Waals surface area (Å²) in [7, 11) is 0. The minimum absolute atomic E-state index is 0.0206. The van der Waals surface area contributed by atoms with Gasteiger partial charge >= 0.3 is 0 Å². The first-order valence-electron chi connectivity index (χ1n) is 6.19. The number of ketones is 1. The molecule has 0 aliphatic carbocycles. The number of Topliss-reactive ketones (excluding diaryl/α,β-unsaturated/α-hetero) is 1. The summed E-state index contributed by atoms with van der Waals surface area (Å²) in [6, 6.07) is 7.36. The molecule has 0 aliphatic heterocycles. The fraction of sp³-hybridized carbons (Fsp3) is 0.500. The summed E-state index contributed by atoms with van der Waals surface area (Å²) >= 11 is 6.01. The molecule has 0 unspecified atom stereocenters. The third-order valence-electron chi connectivity index (χ3n) is 2.85. The van der Waals surface area contributed by atoms with Crippen LogP contribution in [0.3, 0.4) is 0 Å². The highest BCUT2D eigenvalue weighted by atomic mass is 35.5. The molecule has 0 spiro atoms. The lowest BCUT2D eigenvalue weighted by Crippen LogP contribution is -2.36. The largest absolute Gasteiger partial charge is 0.396 e. The molecular formula is C14H20ClNO2. The standard InChI is InChI=1S/C14H20ClNO2/c1-11(2)16(8-5-9-17)10-14(18)12-6-3-4-7-13(12)15/h3-4,6-7,11,17H,5,8-10H2,1-2H3. The molecule has 0 aromatic heterocycles. The fourth-order valence-electron chi connectivity index (χ4n) is 1.75. The predicted molar refractivity (Wildman–Crippen MR) is 74.2 cm³/mol. The molecule has 3 nitrogen and oxygen atoms in total. The number of carbonyl (C=O) groups is 1. The first kappa shape index (κ1) is 15.2. The van der Waals surface area contributed by atoms with Crippen LogP contribution in [0, 0.1) is 0 Å². The van der Waals surface area contributed by atoms with Crippen LogP contribution in [0.15, 0.2) is 24.3 Å². The van der Waals surface area contributed by atoms with Crippen molar-refractivity contribution < 1.29 is 9.90 Å². The van der Waals surface area contributed by atoms with Crippen LogP contribution >= 0.6 is 11.6 Å². The lowest BCUT2D eigenvalue weighted by Gasteiger charge is -2.25. The van der Waals surface area contributed by atoms with Crippen molar-refractivity contribution >= 4 is 17.4 Å². The zero-order valence-corrected chi connectivity index (χ0v) is 11.7. The Kier molecular flexibility index (Phi) is 6.33. The predicted octanol–water partition coefficient (Wildman–Crippen LogP) is 2.62. The molecule has 1 aromatic carbocycles. The van der Waals surface area contributed by atoms with Crippen molar-refractivity contribution in [2.24, 2.45) is 0 Å². The Morgan fingerprint density at radius 1 is 1.39 bits per heavy atom. The summed E-state index contributed by atoms with van der Waals surface area (Å²) < 4.78 is 0. The summed E-state index contributed by atoms with van der Waals surface area (Å²) in [6.45, 7) is 5.27. The van der Waals surface area contributed by atoms with Crippen LogP contribution in [0.2, 0.25) is 5.02 Å². The second kappa shape index (κ2) is 7.52. The lowest BCUT2D eigenvalue weighted by atomic mass is 10.1. The summed E-state index contributed by atoms with van der Waals surface area (Å²) in [5.74, 6) is 0.0206. The van der Waals surface area contributed by atoms with E-state index in [9.17, 15) is 4.79 Å². The normalized spacial score (nSPS) is 11.2. The minimum atomic E-state index is 0.0206. The van der Waals surface area contributed by atoms with Gasteiger partial charge in [0.05, 0.1) is 11.6 Å². The van der Waals surface area contributed by atoms with Gasteiger partial charge in [0.25, 0.3) is 0 Å². The Labute approximate surface area is 113 Å². The Balaban J connectivity index is 2.69.